The van der Waals surface area contributed by atoms with E-state index in [0.29, 0.717) is 11.6 Å². The summed E-state index contributed by atoms with van der Waals surface area (Å²) in [6.07, 6.45) is 0. The predicted octanol–water partition coefficient (Wildman–Crippen LogP) is 2.89. The fourth-order valence-electron chi connectivity index (χ4n) is 1.60. The first-order valence-electron chi connectivity index (χ1n) is 6.08. The molecule has 112 valence electrons. The van der Waals surface area contributed by atoms with Gasteiger partial charge in [-0.1, -0.05) is 25.2 Å². The molecule has 2 rings (SSSR count). The van der Waals surface area contributed by atoms with Crippen LogP contribution in [0.2, 0.25) is 0 Å². The Hall–Kier alpha value is -2.00. The molecule has 0 spiro atoms. The summed E-state index contributed by atoms with van der Waals surface area (Å²) < 4.78 is 27.8. The van der Waals surface area contributed by atoms with Crippen LogP contribution in [0.4, 0.5) is 14.5 Å². The Balaban J connectivity index is 2.38. The minimum atomic E-state index is -1.24. The van der Waals surface area contributed by atoms with Crippen LogP contribution < -0.4 is 5.32 Å². The van der Waals surface area contributed by atoms with Gasteiger partial charge in [-0.3, -0.25) is 10.1 Å². The SMILES string of the molecule is CC(C)NCc1nnc(-c2c(F)ccc([N+](=O)[O-])c2F)s1. The van der Waals surface area contributed by atoms with Crippen LogP contribution in [0, 0.1) is 21.7 Å². The van der Waals surface area contributed by atoms with Crippen LogP contribution in [0.1, 0.15) is 18.9 Å². The number of rotatable bonds is 5. The van der Waals surface area contributed by atoms with Gasteiger partial charge >= 0.3 is 5.69 Å². The van der Waals surface area contributed by atoms with Gasteiger partial charge in [0.25, 0.3) is 0 Å². The summed E-state index contributed by atoms with van der Waals surface area (Å²) in [5.41, 5.74) is -1.30. The first-order chi connectivity index (χ1) is 9.90. The Morgan fingerprint density at radius 1 is 1.38 bits per heavy atom. The third-order valence-electron chi connectivity index (χ3n) is 2.61. The molecule has 0 amide bonds. The van der Waals surface area contributed by atoms with E-state index in [1.807, 2.05) is 13.8 Å². The Kier molecular flexibility index (Phi) is 4.53. The van der Waals surface area contributed by atoms with Gasteiger partial charge in [-0.05, 0) is 6.07 Å². The number of nitrogens with one attached hydrogen (secondary N) is 1. The number of hydrogen-bond acceptors (Lipinski definition) is 6. The standard InChI is InChI=1S/C12H12F2N4O2S/c1-6(2)15-5-9-16-17-12(21-9)10-7(13)3-4-8(11(10)14)18(19)20/h3-4,6,15H,5H2,1-2H3. The molecule has 0 aliphatic carbocycles. The second kappa shape index (κ2) is 6.19. The van der Waals surface area contributed by atoms with Gasteiger partial charge in [-0.2, -0.15) is 4.39 Å². The topological polar surface area (TPSA) is 81.0 Å². The number of nitrogens with zero attached hydrogens (tertiary/aromatic N) is 3. The number of aromatic nitrogens is 2. The molecule has 0 aliphatic heterocycles. The minimum absolute atomic E-state index is 0.0192. The first-order valence-corrected chi connectivity index (χ1v) is 6.90. The van der Waals surface area contributed by atoms with Crippen LogP contribution in [0.25, 0.3) is 10.6 Å². The van der Waals surface area contributed by atoms with Crippen molar-refractivity contribution < 1.29 is 13.7 Å². The van der Waals surface area contributed by atoms with Crippen molar-refractivity contribution in [3.05, 3.63) is 38.9 Å². The quantitative estimate of drug-likeness (QED) is 0.678. The summed E-state index contributed by atoms with van der Waals surface area (Å²) in [6.45, 7) is 4.30. The van der Waals surface area contributed by atoms with Crippen molar-refractivity contribution in [3.63, 3.8) is 0 Å². The molecular weight excluding hydrogens is 302 g/mol. The van der Waals surface area contributed by atoms with E-state index < -0.39 is 27.8 Å². The van der Waals surface area contributed by atoms with Gasteiger partial charge in [0.05, 0.1) is 10.5 Å². The van der Waals surface area contributed by atoms with Gasteiger partial charge in [0.15, 0.2) is 5.01 Å². The van der Waals surface area contributed by atoms with Crippen LogP contribution in [0.3, 0.4) is 0 Å². The van der Waals surface area contributed by atoms with Crippen LogP contribution in [-0.2, 0) is 6.54 Å². The highest BCUT2D eigenvalue weighted by Gasteiger charge is 2.25. The molecule has 0 radical (unpaired) electrons. The molecule has 0 bridgehead atoms. The van der Waals surface area contributed by atoms with Crippen molar-refractivity contribution in [2.24, 2.45) is 0 Å². The number of nitro benzene ring substituents is 1. The van der Waals surface area contributed by atoms with Crippen molar-refractivity contribution in [3.8, 4) is 10.6 Å². The van der Waals surface area contributed by atoms with Crippen LogP contribution in [0.5, 0.6) is 0 Å². The fourth-order valence-corrected chi connectivity index (χ4v) is 2.43. The second-order valence-electron chi connectivity index (χ2n) is 4.55. The number of hydrogen-bond donors (Lipinski definition) is 1. The molecule has 0 fully saturated rings. The lowest BCUT2D eigenvalue weighted by atomic mass is 10.2. The van der Waals surface area contributed by atoms with Gasteiger partial charge in [0.2, 0.25) is 5.82 Å². The molecule has 1 aromatic heterocycles. The fraction of sp³-hybridized carbons (Fsp3) is 0.333. The smallest absolute Gasteiger partial charge is 0.305 e. The molecule has 0 unspecified atom stereocenters. The van der Waals surface area contributed by atoms with E-state index in [1.54, 1.807) is 0 Å². The van der Waals surface area contributed by atoms with Crippen molar-refractivity contribution in [1.29, 1.82) is 0 Å². The lowest BCUT2D eigenvalue weighted by Crippen LogP contribution is -2.21. The average molecular weight is 314 g/mol. The van der Waals surface area contributed by atoms with Gasteiger partial charge in [0, 0.05) is 18.7 Å². The molecule has 6 nitrogen and oxygen atoms in total. The largest absolute Gasteiger partial charge is 0.308 e. The third kappa shape index (κ3) is 3.37. The Morgan fingerprint density at radius 2 is 2.10 bits per heavy atom. The average Bonchev–Trinajstić information content (AvgIpc) is 2.84. The molecule has 0 saturated carbocycles. The zero-order valence-corrected chi connectivity index (χ0v) is 12.1. The van der Waals surface area contributed by atoms with Gasteiger partial charge < -0.3 is 5.32 Å². The third-order valence-corrected chi connectivity index (χ3v) is 3.55. The molecule has 0 atom stereocenters. The molecule has 21 heavy (non-hydrogen) atoms. The Bertz CT molecular complexity index is 675. The van der Waals surface area contributed by atoms with Crippen molar-refractivity contribution in [2.75, 3.05) is 0 Å². The van der Waals surface area contributed by atoms with E-state index in [4.69, 9.17) is 0 Å². The molecule has 0 saturated heterocycles. The molecule has 2 aromatic rings. The molecular formula is C12H12F2N4O2S. The summed E-state index contributed by atoms with van der Waals surface area (Å²) in [5, 5.41) is 21.9. The van der Waals surface area contributed by atoms with Crippen LogP contribution in [-0.4, -0.2) is 21.2 Å². The van der Waals surface area contributed by atoms with Crippen molar-refractivity contribution in [1.82, 2.24) is 15.5 Å². The van der Waals surface area contributed by atoms with Crippen molar-refractivity contribution in [2.45, 2.75) is 26.4 Å². The summed E-state index contributed by atoms with van der Waals surface area (Å²) >= 11 is 0.989. The Labute approximate surface area is 123 Å². The highest BCUT2D eigenvalue weighted by molar-refractivity contribution is 7.14. The van der Waals surface area contributed by atoms with E-state index in [0.717, 1.165) is 23.5 Å². The van der Waals surface area contributed by atoms with E-state index >= 15 is 0 Å². The summed E-state index contributed by atoms with van der Waals surface area (Å²) in [7, 11) is 0. The summed E-state index contributed by atoms with van der Waals surface area (Å²) in [6, 6.07) is 1.86. The van der Waals surface area contributed by atoms with Gasteiger partial charge in [-0.25, -0.2) is 4.39 Å². The second-order valence-corrected chi connectivity index (χ2v) is 5.61. The van der Waals surface area contributed by atoms with Crippen molar-refractivity contribution >= 4 is 17.0 Å². The molecule has 1 aromatic carbocycles. The highest BCUT2D eigenvalue weighted by Crippen LogP contribution is 2.33. The number of nitro groups is 1. The predicted molar refractivity (Wildman–Crippen MR) is 73.9 cm³/mol. The van der Waals surface area contributed by atoms with E-state index in [2.05, 4.69) is 15.5 Å². The molecule has 0 aliphatic rings. The Morgan fingerprint density at radius 3 is 2.71 bits per heavy atom. The molecule has 1 N–H and O–H groups in total. The first kappa shape index (κ1) is 15.4. The minimum Gasteiger partial charge on any atom is -0.308 e. The number of benzene rings is 1. The maximum Gasteiger partial charge on any atom is 0.305 e. The van der Waals surface area contributed by atoms with Crippen LogP contribution in [0.15, 0.2) is 12.1 Å². The summed E-state index contributed by atoms with van der Waals surface area (Å²) in [4.78, 5) is 9.80. The molecule has 9 heteroatoms. The molecule has 1 heterocycles. The van der Waals surface area contributed by atoms with E-state index in [9.17, 15) is 18.9 Å². The van der Waals surface area contributed by atoms with Gasteiger partial charge in [-0.15, -0.1) is 10.2 Å². The highest BCUT2D eigenvalue weighted by atomic mass is 32.1. The van der Waals surface area contributed by atoms with E-state index in [1.165, 1.54) is 0 Å². The normalized spacial score (nSPS) is 11.1. The maximum absolute atomic E-state index is 14.0. The zero-order chi connectivity index (χ0) is 15.6. The van der Waals surface area contributed by atoms with E-state index in [-0.39, 0.29) is 11.0 Å². The van der Waals surface area contributed by atoms with Crippen LogP contribution >= 0.6 is 11.3 Å². The van der Waals surface area contributed by atoms with Gasteiger partial charge in [0.1, 0.15) is 10.8 Å². The zero-order valence-electron chi connectivity index (χ0n) is 11.3. The number of halogens is 2. The summed E-state index contributed by atoms with van der Waals surface area (Å²) in [5.74, 6) is -2.14. The lowest BCUT2D eigenvalue weighted by Gasteiger charge is -2.04. The monoisotopic (exact) mass is 314 g/mol. The maximum atomic E-state index is 14.0. The lowest BCUT2D eigenvalue weighted by molar-refractivity contribution is -0.387.